The number of hydrogen-bond donors (Lipinski definition) is 1. The summed E-state index contributed by atoms with van der Waals surface area (Å²) in [5.74, 6) is 0. The molecule has 0 aliphatic rings. The third kappa shape index (κ3) is 3.12. The van der Waals surface area contributed by atoms with Crippen LogP contribution in [0.1, 0.15) is 10.6 Å². The fourth-order valence-corrected chi connectivity index (χ4v) is 3.86. The van der Waals surface area contributed by atoms with Crippen LogP contribution < -0.4 is 0 Å². The van der Waals surface area contributed by atoms with E-state index in [1.165, 1.54) is 16.6 Å². The maximum Gasteiger partial charge on any atom is 0.244 e. The number of likely N-dealkylation sites (N-methyl/N-ethyl adjacent to an activating group) is 1. The van der Waals surface area contributed by atoms with Crippen molar-refractivity contribution in [2.75, 3.05) is 13.6 Å². The highest BCUT2D eigenvalue weighted by molar-refractivity contribution is 7.89. The average Bonchev–Trinajstić information content (AvgIpc) is 3.04. The van der Waals surface area contributed by atoms with Crippen LogP contribution in [0.4, 0.5) is 0 Å². The molecular formula is C13H18N2O3S2. The van der Waals surface area contributed by atoms with Gasteiger partial charge in [0.15, 0.2) is 0 Å². The lowest BCUT2D eigenvalue weighted by atomic mass is 10.3. The zero-order valence-corrected chi connectivity index (χ0v) is 13.1. The van der Waals surface area contributed by atoms with Gasteiger partial charge < -0.3 is 9.67 Å². The largest absolute Gasteiger partial charge is 0.390 e. The molecule has 2 rings (SSSR count). The Labute approximate surface area is 123 Å². The number of aliphatic hydroxyl groups is 1. The molecule has 0 saturated heterocycles. The molecule has 5 nitrogen and oxygen atoms in total. The number of aliphatic hydroxyl groups excluding tert-OH is 1. The van der Waals surface area contributed by atoms with Crippen molar-refractivity contribution in [3.63, 3.8) is 0 Å². The molecule has 0 spiro atoms. The van der Waals surface area contributed by atoms with Gasteiger partial charge in [-0.25, -0.2) is 12.7 Å². The van der Waals surface area contributed by atoms with Crippen LogP contribution in [0.2, 0.25) is 0 Å². The van der Waals surface area contributed by atoms with Gasteiger partial charge in [-0.05, 0) is 23.9 Å². The van der Waals surface area contributed by atoms with Gasteiger partial charge >= 0.3 is 0 Å². The molecule has 2 heterocycles. The molecule has 0 aromatic carbocycles. The molecular weight excluding hydrogens is 296 g/mol. The summed E-state index contributed by atoms with van der Waals surface area (Å²) < 4.78 is 27.8. The monoisotopic (exact) mass is 314 g/mol. The van der Waals surface area contributed by atoms with Crippen LogP contribution in [0.15, 0.2) is 34.7 Å². The Bertz CT molecular complexity index is 660. The molecule has 0 fully saturated rings. The lowest BCUT2D eigenvalue weighted by molar-refractivity contribution is 0.272. The Morgan fingerprint density at radius 1 is 1.45 bits per heavy atom. The Morgan fingerprint density at radius 3 is 2.75 bits per heavy atom. The summed E-state index contributed by atoms with van der Waals surface area (Å²) in [5.41, 5.74) is 0.579. The fraction of sp³-hybridized carbons (Fsp3) is 0.385. The Morgan fingerprint density at radius 2 is 2.20 bits per heavy atom. The predicted molar refractivity (Wildman–Crippen MR) is 79.2 cm³/mol. The first-order valence-corrected chi connectivity index (χ1v) is 8.52. The van der Waals surface area contributed by atoms with E-state index >= 15 is 0 Å². The smallest absolute Gasteiger partial charge is 0.244 e. The number of nitrogens with zero attached hydrogens (tertiary/aromatic N) is 2. The van der Waals surface area contributed by atoms with Crippen LogP contribution in [-0.2, 0) is 30.1 Å². The van der Waals surface area contributed by atoms with E-state index in [1.807, 2.05) is 17.5 Å². The van der Waals surface area contributed by atoms with Crippen molar-refractivity contribution in [2.24, 2.45) is 7.05 Å². The molecule has 0 saturated carbocycles. The van der Waals surface area contributed by atoms with Crippen molar-refractivity contribution in [1.82, 2.24) is 8.87 Å². The Kier molecular flexibility index (Phi) is 4.64. The summed E-state index contributed by atoms with van der Waals surface area (Å²) in [6, 6.07) is 5.47. The third-order valence-corrected chi connectivity index (χ3v) is 5.96. The van der Waals surface area contributed by atoms with Gasteiger partial charge in [0.2, 0.25) is 10.0 Å². The average molecular weight is 314 g/mol. The van der Waals surface area contributed by atoms with Gasteiger partial charge in [-0.3, -0.25) is 0 Å². The number of thiophene rings is 1. The first-order valence-electron chi connectivity index (χ1n) is 6.20. The lowest BCUT2D eigenvalue weighted by Crippen LogP contribution is -2.28. The number of aryl methyl sites for hydroxylation is 1. The molecule has 0 bridgehead atoms. The van der Waals surface area contributed by atoms with Crippen molar-refractivity contribution in [3.05, 3.63) is 40.3 Å². The predicted octanol–water partition coefficient (Wildman–Crippen LogP) is 1.44. The maximum atomic E-state index is 12.4. The fourth-order valence-electron chi connectivity index (χ4n) is 1.90. The van der Waals surface area contributed by atoms with Gasteiger partial charge in [0.25, 0.3) is 0 Å². The van der Waals surface area contributed by atoms with Gasteiger partial charge in [-0.2, -0.15) is 0 Å². The quantitative estimate of drug-likeness (QED) is 0.877. The molecule has 2 aromatic rings. The number of sulfonamides is 1. The minimum Gasteiger partial charge on any atom is -0.390 e. The number of aromatic nitrogens is 1. The van der Waals surface area contributed by atoms with E-state index in [9.17, 15) is 8.42 Å². The molecule has 2 aromatic heterocycles. The highest BCUT2D eigenvalue weighted by Gasteiger charge is 2.22. The van der Waals surface area contributed by atoms with Crippen LogP contribution in [0, 0.1) is 0 Å². The maximum absolute atomic E-state index is 12.4. The zero-order valence-electron chi connectivity index (χ0n) is 11.5. The second-order valence-corrected chi connectivity index (χ2v) is 7.67. The lowest BCUT2D eigenvalue weighted by Gasteiger charge is -2.15. The van der Waals surface area contributed by atoms with Crippen molar-refractivity contribution in [1.29, 1.82) is 0 Å². The van der Waals surface area contributed by atoms with Crippen LogP contribution in [0.3, 0.4) is 0 Å². The molecule has 0 unspecified atom stereocenters. The Balaban J connectivity index is 2.12. The zero-order chi connectivity index (χ0) is 14.8. The van der Waals surface area contributed by atoms with E-state index in [4.69, 9.17) is 5.11 Å². The molecule has 110 valence electrons. The van der Waals surface area contributed by atoms with Crippen molar-refractivity contribution in [3.8, 4) is 0 Å². The molecule has 0 radical (unpaired) electrons. The van der Waals surface area contributed by atoms with Crippen LogP contribution in [0.5, 0.6) is 0 Å². The molecule has 0 aliphatic heterocycles. The summed E-state index contributed by atoms with van der Waals surface area (Å²) in [7, 11) is -0.202. The second-order valence-electron chi connectivity index (χ2n) is 4.59. The first kappa shape index (κ1) is 15.2. The summed E-state index contributed by atoms with van der Waals surface area (Å²) in [6.07, 6.45) is 2.23. The molecule has 0 amide bonds. The molecule has 0 atom stereocenters. The number of rotatable bonds is 6. The molecule has 20 heavy (non-hydrogen) atoms. The van der Waals surface area contributed by atoms with Gasteiger partial charge in [-0.15, -0.1) is 11.3 Å². The normalized spacial score (nSPS) is 12.2. The molecule has 0 aliphatic carbocycles. The Hall–Kier alpha value is -1.15. The van der Waals surface area contributed by atoms with E-state index < -0.39 is 10.0 Å². The highest BCUT2D eigenvalue weighted by Crippen LogP contribution is 2.18. The van der Waals surface area contributed by atoms with E-state index in [0.29, 0.717) is 18.7 Å². The van der Waals surface area contributed by atoms with Crippen molar-refractivity contribution < 1.29 is 13.5 Å². The summed E-state index contributed by atoms with van der Waals surface area (Å²) in [4.78, 5) is 1.38. The van der Waals surface area contributed by atoms with E-state index in [2.05, 4.69) is 0 Å². The minimum atomic E-state index is -3.50. The SMILES string of the molecule is CN(CCc1cccs1)S(=O)(=O)c1cc(CO)n(C)c1. The van der Waals surface area contributed by atoms with E-state index in [-0.39, 0.29) is 11.5 Å². The second kappa shape index (κ2) is 6.09. The first-order chi connectivity index (χ1) is 9.45. The van der Waals surface area contributed by atoms with Crippen molar-refractivity contribution >= 4 is 21.4 Å². The van der Waals surface area contributed by atoms with Crippen LogP contribution >= 0.6 is 11.3 Å². The van der Waals surface area contributed by atoms with Gasteiger partial charge in [0, 0.05) is 37.4 Å². The van der Waals surface area contributed by atoms with Gasteiger partial charge in [0.1, 0.15) is 4.90 Å². The van der Waals surface area contributed by atoms with Crippen LogP contribution in [-0.4, -0.2) is 36.0 Å². The number of hydrogen-bond acceptors (Lipinski definition) is 4. The van der Waals surface area contributed by atoms with Gasteiger partial charge in [0.05, 0.1) is 6.61 Å². The minimum absolute atomic E-state index is 0.176. The van der Waals surface area contributed by atoms with E-state index in [0.717, 1.165) is 4.88 Å². The highest BCUT2D eigenvalue weighted by atomic mass is 32.2. The van der Waals surface area contributed by atoms with Crippen molar-refractivity contribution in [2.45, 2.75) is 17.9 Å². The van der Waals surface area contributed by atoms with Crippen LogP contribution in [0.25, 0.3) is 0 Å². The standard InChI is InChI=1S/C13H18N2O3S2/c1-14-9-13(8-11(14)10-16)20(17,18)15(2)6-5-12-4-3-7-19-12/h3-4,7-9,16H,5-6,10H2,1-2H3. The summed E-state index contributed by atoms with van der Waals surface area (Å²) >= 11 is 1.62. The molecule has 1 N–H and O–H groups in total. The van der Waals surface area contributed by atoms with E-state index in [1.54, 1.807) is 30.0 Å². The summed E-state index contributed by atoms with van der Waals surface area (Å²) in [6.45, 7) is 0.261. The van der Waals surface area contributed by atoms with Gasteiger partial charge in [-0.1, -0.05) is 6.07 Å². The third-order valence-electron chi connectivity index (χ3n) is 3.21. The summed E-state index contributed by atoms with van der Waals surface area (Å²) in [5, 5.41) is 11.1. The molecule has 7 heteroatoms. The topological polar surface area (TPSA) is 62.5 Å².